The number of anilines is 1. The minimum absolute atomic E-state index is 0.0658. The van der Waals surface area contributed by atoms with Crippen molar-refractivity contribution in [2.45, 2.75) is 19.3 Å². The fourth-order valence-corrected chi connectivity index (χ4v) is 2.96. The molecule has 2 rings (SSSR count). The fraction of sp³-hybridized carbons (Fsp3) is 0.188. The molecule has 1 unspecified atom stereocenters. The number of phenols is 2. The van der Waals surface area contributed by atoms with Gasteiger partial charge in [0.1, 0.15) is 11.5 Å². The summed E-state index contributed by atoms with van der Waals surface area (Å²) < 4.78 is 11.2. The monoisotopic (exact) mass is 351 g/mol. The number of ketones is 1. The normalized spacial score (nSPS) is 12.6. The van der Waals surface area contributed by atoms with E-state index in [1.54, 1.807) is 12.1 Å². The summed E-state index contributed by atoms with van der Waals surface area (Å²) in [6.45, 7) is 1.81. The summed E-state index contributed by atoms with van der Waals surface area (Å²) in [6.07, 6.45) is 0.458. The minimum atomic E-state index is -4.64. The quantitative estimate of drug-likeness (QED) is 0.400. The first-order valence-electron chi connectivity index (χ1n) is 7.21. The van der Waals surface area contributed by atoms with Gasteiger partial charge in [0.05, 0.1) is 5.69 Å². The van der Waals surface area contributed by atoms with Gasteiger partial charge >= 0.3 is 7.75 Å². The molecule has 0 radical (unpaired) electrons. The van der Waals surface area contributed by atoms with E-state index >= 15 is 0 Å². The number of rotatable bonds is 6. The number of nitrogens with one attached hydrogen (secondary N) is 1. The van der Waals surface area contributed by atoms with Crippen molar-refractivity contribution in [1.29, 1.82) is 0 Å². The Morgan fingerprint density at radius 2 is 1.67 bits per heavy atom. The summed E-state index contributed by atoms with van der Waals surface area (Å²) in [4.78, 5) is 31.0. The molecule has 0 bridgehead atoms. The topological polar surface area (TPSA) is 127 Å². The average Bonchev–Trinajstić information content (AvgIpc) is 2.48. The number of hydrogen-bond donors (Lipinski definition) is 5. The zero-order valence-corrected chi connectivity index (χ0v) is 13.8. The lowest BCUT2D eigenvalue weighted by Crippen LogP contribution is -2.14. The number of benzene rings is 2. The molecule has 2 aromatic rings. The summed E-state index contributed by atoms with van der Waals surface area (Å²) in [7, 11) is -4.64. The molecule has 0 aliphatic carbocycles. The van der Waals surface area contributed by atoms with E-state index in [0.29, 0.717) is 12.0 Å². The van der Waals surface area contributed by atoms with Crippen molar-refractivity contribution in [3.05, 3.63) is 53.6 Å². The lowest BCUT2D eigenvalue weighted by Gasteiger charge is -2.18. The molecule has 5 N–H and O–H groups in total. The second-order valence-electron chi connectivity index (χ2n) is 5.30. The molecule has 7 nitrogen and oxygen atoms in total. The maximum Gasteiger partial charge on any atom is 0.427 e. The highest BCUT2D eigenvalue weighted by Crippen LogP contribution is 2.39. The molecule has 8 heteroatoms. The van der Waals surface area contributed by atoms with Gasteiger partial charge < -0.3 is 20.0 Å². The lowest BCUT2D eigenvalue weighted by molar-refractivity contribution is 0.0958. The number of carbonyl (C=O) groups is 1. The van der Waals surface area contributed by atoms with E-state index in [1.807, 2.05) is 12.0 Å². The summed E-state index contributed by atoms with van der Waals surface area (Å²) in [6, 6.07) is 9.87. The molecule has 0 aliphatic rings. The van der Waals surface area contributed by atoms with Crippen LogP contribution in [0.2, 0.25) is 0 Å². The molecule has 0 aromatic heterocycles. The highest BCUT2D eigenvalue weighted by molar-refractivity contribution is 7.53. The predicted molar refractivity (Wildman–Crippen MR) is 89.2 cm³/mol. The van der Waals surface area contributed by atoms with Crippen molar-refractivity contribution in [2.24, 2.45) is 0 Å². The number of carbonyl (C=O) groups excluding carboxylic acids is 1. The predicted octanol–water partition coefficient (Wildman–Crippen LogP) is 2.98. The Morgan fingerprint density at radius 1 is 1.08 bits per heavy atom. The molecule has 0 aliphatic heterocycles. The highest BCUT2D eigenvalue weighted by atomic mass is 31.2. The molecule has 0 heterocycles. The standard InChI is InChI=1S/C16H18NO6P/c1-2-13(10-3-5-11(18)6-4-10)16(20)14-8-7-12(19)9-15(14)17-24(21,22)23/h3-9,13,18-19H,2H2,1H3,(H3,17,21,22,23). The van der Waals surface area contributed by atoms with Gasteiger partial charge in [-0.15, -0.1) is 0 Å². The van der Waals surface area contributed by atoms with Crippen LogP contribution in [0.4, 0.5) is 5.69 Å². The maximum absolute atomic E-state index is 12.8. The van der Waals surface area contributed by atoms with Crippen molar-refractivity contribution >= 4 is 19.2 Å². The Bertz CT molecular complexity index is 784. The molecular formula is C16H18NO6P. The second kappa shape index (κ2) is 7.05. The average molecular weight is 351 g/mol. The number of aromatic hydroxyl groups is 2. The zero-order valence-electron chi connectivity index (χ0n) is 12.9. The largest absolute Gasteiger partial charge is 0.508 e. The van der Waals surface area contributed by atoms with E-state index in [0.717, 1.165) is 6.07 Å². The van der Waals surface area contributed by atoms with Crippen molar-refractivity contribution in [3.8, 4) is 11.5 Å². The fourth-order valence-electron chi connectivity index (χ4n) is 2.46. The summed E-state index contributed by atoms with van der Waals surface area (Å²) in [5.74, 6) is -1.04. The Morgan fingerprint density at radius 3 is 2.21 bits per heavy atom. The van der Waals surface area contributed by atoms with Crippen molar-refractivity contribution in [2.75, 3.05) is 5.09 Å². The third-order valence-corrected chi connectivity index (χ3v) is 4.09. The van der Waals surface area contributed by atoms with Crippen LogP contribution in [0.3, 0.4) is 0 Å². The molecule has 0 fully saturated rings. The number of hydrogen-bond acceptors (Lipinski definition) is 4. The number of phenolic OH excluding ortho intramolecular Hbond substituents is 2. The Hall–Kier alpha value is -2.34. The Kier molecular flexibility index (Phi) is 5.29. The Labute approximate surface area is 138 Å². The van der Waals surface area contributed by atoms with Crippen molar-refractivity contribution in [3.63, 3.8) is 0 Å². The smallest absolute Gasteiger partial charge is 0.427 e. The SMILES string of the molecule is CCC(C(=O)c1ccc(O)cc1NP(=O)(O)O)c1ccc(O)cc1. The van der Waals surface area contributed by atoms with Gasteiger partial charge in [0, 0.05) is 17.5 Å². The van der Waals surface area contributed by atoms with Crippen LogP contribution in [0.5, 0.6) is 11.5 Å². The van der Waals surface area contributed by atoms with Crippen LogP contribution in [0, 0.1) is 0 Å². The van der Waals surface area contributed by atoms with Crippen LogP contribution in [-0.4, -0.2) is 25.8 Å². The molecule has 2 aromatic carbocycles. The van der Waals surface area contributed by atoms with Crippen molar-refractivity contribution in [1.82, 2.24) is 0 Å². The molecule has 0 spiro atoms. The summed E-state index contributed by atoms with van der Waals surface area (Å²) in [5, 5.41) is 20.8. The van der Waals surface area contributed by atoms with Gasteiger partial charge in [-0.2, -0.15) is 0 Å². The van der Waals surface area contributed by atoms with Gasteiger partial charge in [-0.3, -0.25) is 9.88 Å². The maximum atomic E-state index is 12.8. The number of Topliss-reactive ketones (excluding diaryl/α,β-unsaturated/α-hetero) is 1. The molecule has 128 valence electrons. The second-order valence-corrected chi connectivity index (χ2v) is 6.61. The van der Waals surface area contributed by atoms with Crippen LogP contribution in [0.15, 0.2) is 42.5 Å². The molecule has 1 atom stereocenters. The van der Waals surface area contributed by atoms with Gasteiger partial charge in [-0.05, 0) is 36.2 Å². The van der Waals surface area contributed by atoms with E-state index in [4.69, 9.17) is 9.79 Å². The minimum Gasteiger partial charge on any atom is -0.508 e. The lowest BCUT2D eigenvalue weighted by atomic mass is 9.88. The van der Waals surface area contributed by atoms with Gasteiger partial charge in [0.25, 0.3) is 0 Å². The first-order valence-corrected chi connectivity index (χ1v) is 8.82. The van der Waals surface area contributed by atoms with Gasteiger partial charge in [0.15, 0.2) is 5.78 Å². The third-order valence-electron chi connectivity index (χ3n) is 3.55. The molecule has 0 saturated carbocycles. The summed E-state index contributed by atoms with van der Waals surface area (Å²) in [5.41, 5.74) is 0.608. The first-order chi connectivity index (χ1) is 11.2. The van der Waals surface area contributed by atoms with Gasteiger partial charge in [-0.1, -0.05) is 19.1 Å². The van der Waals surface area contributed by atoms with Crippen LogP contribution in [0.25, 0.3) is 0 Å². The third kappa shape index (κ3) is 4.35. The van der Waals surface area contributed by atoms with Crippen LogP contribution in [0.1, 0.15) is 35.2 Å². The molecule has 0 saturated heterocycles. The molecule has 0 amide bonds. The Balaban J connectivity index is 2.43. The van der Waals surface area contributed by atoms with E-state index in [-0.39, 0.29) is 28.5 Å². The zero-order chi connectivity index (χ0) is 17.9. The molecule has 24 heavy (non-hydrogen) atoms. The van der Waals surface area contributed by atoms with Crippen LogP contribution >= 0.6 is 7.75 Å². The molecular weight excluding hydrogens is 333 g/mol. The van der Waals surface area contributed by atoms with Crippen LogP contribution in [-0.2, 0) is 4.57 Å². The van der Waals surface area contributed by atoms with Gasteiger partial charge in [-0.25, -0.2) is 4.57 Å². The van der Waals surface area contributed by atoms with Crippen LogP contribution < -0.4 is 5.09 Å². The first kappa shape index (κ1) is 18.0. The van der Waals surface area contributed by atoms with Crippen molar-refractivity contribution < 1.29 is 29.4 Å². The summed E-state index contributed by atoms with van der Waals surface area (Å²) >= 11 is 0. The van der Waals surface area contributed by atoms with E-state index < -0.39 is 13.7 Å². The van der Waals surface area contributed by atoms with Gasteiger partial charge in [0.2, 0.25) is 0 Å². The van der Waals surface area contributed by atoms with E-state index in [2.05, 4.69) is 0 Å². The highest BCUT2D eigenvalue weighted by Gasteiger charge is 2.25. The van der Waals surface area contributed by atoms with E-state index in [9.17, 15) is 19.6 Å². The van der Waals surface area contributed by atoms with E-state index in [1.165, 1.54) is 24.3 Å².